The van der Waals surface area contributed by atoms with Crippen LogP contribution < -0.4 is 4.90 Å². The fraction of sp³-hybridized carbons (Fsp3) is 0.421. The highest BCUT2D eigenvalue weighted by Gasteiger charge is 2.21. The maximum Gasteiger partial charge on any atom is 0.335 e. The van der Waals surface area contributed by atoms with Crippen molar-refractivity contribution in [1.82, 2.24) is 0 Å². The summed E-state index contributed by atoms with van der Waals surface area (Å²) in [5.74, 6) is -0.996. The second kappa shape index (κ2) is 10.3. The Morgan fingerprint density at radius 2 is 2.12 bits per heavy atom. The van der Waals surface area contributed by atoms with E-state index in [4.69, 9.17) is 14.7 Å². The van der Waals surface area contributed by atoms with E-state index >= 15 is 0 Å². The van der Waals surface area contributed by atoms with E-state index < -0.39 is 18.7 Å². The topological polar surface area (TPSA) is 79.6 Å². The van der Waals surface area contributed by atoms with E-state index in [0.29, 0.717) is 5.69 Å². The first kappa shape index (κ1) is 20.4. The molecule has 0 bridgehead atoms. The summed E-state index contributed by atoms with van der Waals surface area (Å²) in [6.07, 6.45) is 0.935. The monoisotopic (exact) mass is 344 g/mol. The zero-order valence-corrected chi connectivity index (χ0v) is 14.9. The van der Waals surface area contributed by atoms with Gasteiger partial charge in [0, 0.05) is 12.2 Å². The van der Waals surface area contributed by atoms with Crippen LogP contribution in [0, 0.1) is 25.2 Å². The standard InChI is InChI=1S/C19H24N2O4/c1-5-12-24-16(4)19(23)25-13-18(22)21(11-7-10-20)17-9-6-8-14(2)15(17)3/h5-6,8-9,16H,1,7,11-13H2,2-4H3. The van der Waals surface area contributed by atoms with Crippen LogP contribution in [0.2, 0.25) is 0 Å². The number of hydrogen-bond acceptors (Lipinski definition) is 5. The van der Waals surface area contributed by atoms with E-state index in [0.717, 1.165) is 11.1 Å². The Hall–Kier alpha value is -2.65. The van der Waals surface area contributed by atoms with Crippen LogP contribution in [-0.4, -0.2) is 37.7 Å². The van der Waals surface area contributed by atoms with Crippen LogP contribution in [0.4, 0.5) is 5.69 Å². The predicted octanol–water partition coefficient (Wildman–Crippen LogP) is 2.68. The summed E-state index contributed by atoms with van der Waals surface area (Å²) in [5, 5.41) is 8.84. The third-order valence-electron chi connectivity index (χ3n) is 3.75. The number of rotatable bonds is 9. The first-order valence-corrected chi connectivity index (χ1v) is 8.05. The van der Waals surface area contributed by atoms with Gasteiger partial charge in [-0.2, -0.15) is 5.26 Å². The normalized spacial score (nSPS) is 11.3. The smallest absolute Gasteiger partial charge is 0.335 e. The fourth-order valence-electron chi connectivity index (χ4n) is 2.18. The molecule has 1 aromatic carbocycles. The Labute approximate surface area is 148 Å². The molecule has 0 saturated carbocycles. The van der Waals surface area contributed by atoms with Crippen LogP contribution >= 0.6 is 0 Å². The lowest BCUT2D eigenvalue weighted by atomic mass is 10.1. The third-order valence-corrected chi connectivity index (χ3v) is 3.75. The molecule has 1 rings (SSSR count). The maximum absolute atomic E-state index is 12.5. The van der Waals surface area contributed by atoms with E-state index in [9.17, 15) is 9.59 Å². The van der Waals surface area contributed by atoms with E-state index in [1.165, 1.54) is 11.0 Å². The molecule has 1 aromatic rings. The van der Waals surface area contributed by atoms with Crippen LogP contribution in [0.1, 0.15) is 24.5 Å². The number of benzene rings is 1. The van der Waals surface area contributed by atoms with Gasteiger partial charge in [0.05, 0.1) is 19.1 Å². The predicted molar refractivity (Wildman–Crippen MR) is 95.1 cm³/mol. The van der Waals surface area contributed by atoms with E-state index in [2.05, 4.69) is 6.58 Å². The lowest BCUT2D eigenvalue weighted by molar-refractivity contribution is -0.157. The van der Waals surface area contributed by atoms with Crippen molar-refractivity contribution in [3.8, 4) is 6.07 Å². The van der Waals surface area contributed by atoms with Crippen LogP contribution in [0.3, 0.4) is 0 Å². The zero-order chi connectivity index (χ0) is 18.8. The van der Waals surface area contributed by atoms with Crippen molar-refractivity contribution >= 4 is 17.6 Å². The molecule has 0 spiro atoms. The van der Waals surface area contributed by atoms with Crippen molar-refractivity contribution in [1.29, 1.82) is 5.26 Å². The minimum absolute atomic E-state index is 0.186. The number of nitrogens with zero attached hydrogens (tertiary/aromatic N) is 2. The molecule has 0 saturated heterocycles. The molecule has 134 valence electrons. The maximum atomic E-state index is 12.5. The van der Waals surface area contributed by atoms with Gasteiger partial charge in [0.2, 0.25) is 0 Å². The number of carbonyl (C=O) groups is 2. The molecule has 6 heteroatoms. The van der Waals surface area contributed by atoms with Crippen LogP contribution in [0.25, 0.3) is 0 Å². The molecule has 6 nitrogen and oxygen atoms in total. The van der Waals surface area contributed by atoms with Gasteiger partial charge in [0.25, 0.3) is 5.91 Å². The summed E-state index contributed by atoms with van der Waals surface area (Å²) >= 11 is 0. The Balaban J connectivity index is 2.81. The van der Waals surface area contributed by atoms with Gasteiger partial charge in [-0.3, -0.25) is 4.79 Å². The number of anilines is 1. The van der Waals surface area contributed by atoms with Gasteiger partial charge in [0.1, 0.15) is 0 Å². The van der Waals surface area contributed by atoms with Gasteiger partial charge in [0.15, 0.2) is 12.7 Å². The number of esters is 1. The number of nitriles is 1. The molecule has 25 heavy (non-hydrogen) atoms. The average Bonchev–Trinajstić information content (AvgIpc) is 2.61. The molecule has 0 N–H and O–H groups in total. The molecular formula is C19H24N2O4. The molecule has 1 atom stereocenters. The van der Waals surface area contributed by atoms with Gasteiger partial charge >= 0.3 is 5.97 Å². The first-order chi connectivity index (χ1) is 11.9. The number of carbonyl (C=O) groups excluding carboxylic acids is 2. The first-order valence-electron chi connectivity index (χ1n) is 8.05. The van der Waals surface area contributed by atoms with E-state index in [-0.39, 0.29) is 25.5 Å². The van der Waals surface area contributed by atoms with Crippen molar-refractivity contribution in [3.63, 3.8) is 0 Å². The van der Waals surface area contributed by atoms with Crippen molar-refractivity contribution in [2.24, 2.45) is 0 Å². The molecule has 0 aliphatic heterocycles. The number of hydrogen-bond donors (Lipinski definition) is 0. The molecule has 0 radical (unpaired) electrons. The van der Waals surface area contributed by atoms with E-state index in [1.54, 1.807) is 6.92 Å². The minimum Gasteiger partial charge on any atom is -0.454 e. The average molecular weight is 344 g/mol. The van der Waals surface area contributed by atoms with Crippen molar-refractivity contribution in [2.45, 2.75) is 33.3 Å². The molecular weight excluding hydrogens is 320 g/mol. The summed E-state index contributed by atoms with van der Waals surface area (Å²) in [6, 6.07) is 7.64. The van der Waals surface area contributed by atoms with Crippen LogP contribution in [0.15, 0.2) is 30.9 Å². The quantitative estimate of drug-likeness (QED) is 0.508. The zero-order valence-electron chi connectivity index (χ0n) is 14.9. The fourth-order valence-corrected chi connectivity index (χ4v) is 2.18. The Morgan fingerprint density at radius 1 is 1.40 bits per heavy atom. The molecule has 1 unspecified atom stereocenters. The molecule has 0 fully saturated rings. The lowest BCUT2D eigenvalue weighted by Gasteiger charge is -2.24. The second-order valence-electron chi connectivity index (χ2n) is 5.54. The number of aryl methyl sites for hydroxylation is 1. The van der Waals surface area contributed by atoms with E-state index in [1.807, 2.05) is 38.1 Å². The second-order valence-corrected chi connectivity index (χ2v) is 5.54. The summed E-state index contributed by atoms with van der Waals surface area (Å²) in [6.45, 7) is 8.97. The summed E-state index contributed by atoms with van der Waals surface area (Å²) in [7, 11) is 0. The summed E-state index contributed by atoms with van der Waals surface area (Å²) in [5.41, 5.74) is 2.70. The van der Waals surface area contributed by atoms with Crippen molar-refractivity contribution < 1.29 is 19.1 Å². The summed E-state index contributed by atoms with van der Waals surface area (Å²) in [4.78, 5) is 25.9. The molecule has 0 aliphatic rings. The Bertz CT molecular complexity index is 664. The Kier molecular flexibility index (Phi) is 8.37. The third kappa shape index (κ3) is 6.05. The number of ether oxygens (including phenoxy) is 2. The van der Waals surface area contributed by atoms with Crippen molar-refractivity contribution in [2.75, 3.05) is 24.7 Å². The lowest BCUT2D eigenvalue weighted by Crippen LogP contribution is -2.37. The highest BCUT2D eigenvalue weighted by atomic mass is 16.6. The van der Waals surface area contributed by atoms with Gasteiger partial charge in [-0.25, -0.2) is 4.79 Å². The minimum atomic E-state index is -0.779. The Morgan fingerprint density at radius 3 is 2.76 bits per heavy atom. The van der Waals surface area contributed by atoms with Gasteiger partial charge in [-0.1, -0.05) is 18.2 Å². The van der Waals surface area contributed by atoms with Gasteiger partial charge in [-0.05, 0) is 38.0 Å². The SMILES string of the molecule is C=CCOC(C)C(=O)OCC(=O)N(CCC#N)c1cccc(C)c1C. The van der Waals surface area contributed by atoms with Gasteiger partial charge in [-0.15, -0.1) is 6.58 Å². The highest BCUT2D eigenvalue weighted by molar-refractivity contribution is 5.96. The van der Waals surface area contributed by atoms with Crippen molar-refractivity contribution in [3.05, 3.63) is 42.0 Å². The largest absolute Gasteiger partial charge is 0.454 e. The molecule has 0 aliphatic carbocycles. The van der Waals surface area contributed by atoms with Crippen LogP contribution in [-0.2, 0) is 19.1 Å². The number of amides is 1. The summed E-state index contributed by atoms with van der Waals surface area (Å²) < 4.78 is 10.2. The highest BCUT2D eigenvalue weighted by Crippen LogP contribution is 2.23. The molecule has 1 amide bonds. The van der Waals surface area contributed by atoms with Gasteiger partial charge < -0.3 is 14.4 Å². The van der Waals surface area contributed by atoms with Crippen LogP contribution in [0.5, 0.6) is 0 Å². The molecule has 0 heterocycles. The molecule has 0 aromatic heterocycles.